The van der Waals surface area contributed by atoms with Crippen molar-refractivity contribution < 1.29 is 13.2 Å². The fourth-order valence-corrected chi connectivity index (χ4v) is 4.50. The summed E-state index contributed by atoms with van der Waals surface area (Å²) in [5.41, 5.74) is -0.114. The molecule has 0 radical (unpaired) electrons. The van der Waals surface area contributed by atoms with E-state index in [1.165, 1.54) is 4.57 Å². The third kappa shape index (κ3) is 5.40. The van der Waals surface area contributed by atoms with Crippen LogP contribution in [0.15, 0.2) is 23.1 Å². The predicted octanol–water partition coefficient (Wildman–Crippen LogP) is 0.813. The van der Waals surface area contributed by atoms with Crippen molar-refractivity contribution in [1.29, 1.82) is 0 Å². The number of rotatable bonds is 6. The molecule has 0 aromatic carbocycles. The largest absolute Gasteiger partial charge is 0.338 e. The molecule has 0 spiro atoms. The van der Waals surface area contributed by atoms with Gasteiger partial charge in [-0.15, -0.1) is 0 Å². The smallest absolute Gasteiger partial charge is 0.263 e. The van der Waals surface area contributed by atoms with Crippen molar-refractivity contribution in [2.24, 2.45) is 18.9 Å². The molecule has 140 valence electrons. The second-order valence-electron chi connectivity index (χ2n) is 7.10. The number of amides is 1. The van der Waals surface area contributed by atoms with E-state index in [4.69, 9.17) is 0 Å². The first-order valence-corrected chi connectivity index (χ1v) is 10.3. The van der Waals surface area contributed by atoms with Crippen LogP contribution in [-0.4, -0.2) is 49.2 Å². The van der Waals surface area contributed by atoms with Crippen LogP contribution in [0.5, 0.6) is 0 Å². The fourth-order valence-electron chi connectivity index (χ4n) is 3.01. The molecule has 1 aliphatic rings. The van der Waals surface area contributed by atoms with Gasteiger partial charge in [0.2, 0.25) is 10.0 Å². The average Bonchev–Trinajstić information content (AvgIpc) is 2.54. The first-order valence-electron chi connectivity index (χ1n) is 8.62. The molecule has 1 amide bonds. The van der Waals surface area contributed by atoms with E-state index in [1.54, 1.807) is 30.3 Å². The van der Waals surface area contributed by atoms with Crippen molar-refractivity contribution >= 4 is 15.9 Å². The summed E-state index contributed by atoms with van der Waals surface area (Å²) in [4.78, 5) is 26.3. The maximum absolute atomic E-state index is 12.5. The van der Waals surface area contributed by atoms with E-state index in [0.717, 1.165) is 12.8 Å². The van der Waals surface area contributed by atoms with Crippen molar-refractivity contribution in [2.45, 2.75) is 26.7 Å². The van der Waals surface area contributed by atoms with Gasteiger partial charge in [-0.2, -0.15) is 0 Å². The van der Waals surface area contributed by atoms with Crippen molar-refractivity contribution in [1.82, 2.24) is 14.2 Å². The molecular formula is C17H27N3O4S. The Kier molecular flexibility index (Phi) is 6.40. The molecule has 0 unspecified atom stereocenters. The van der Waals surface area contributed by atoms with Gasteiger partial charge in [-0.25, -0.2) is 13.1 Å². The van der Waals surface area contributed by atoms with Crippen LogP contribution in [0.4, 0.5) is 0 Å². The highest BCUT2D eigenvalue weighted by atomic mass is 32.2. The van der Waals surface area contributed by atoms with Gasteiger partial charge in [0.25, 0.3) is 11.5 Å². The van der Waals surface area contributed by atoms with Crippen LogP contribution >= 0.6 is 0 Å². The SMILES string of the molecule is CC(C)CS(=O)(=O)NCC1CCN(C(=O)c2cccn(C)c2=O)CC1. The Labute approximate surface area is 149 Å². The highest BCUT2D eigenvalue weighted by Crippen LogP contribution is 2.18. The van der Waals surface area contributed by atoms with E-state index in [-0.39, 0.29) is 34.6 Å². The number of nitrogens with zero attached hydrogens (tertiary/aromatic N) is 2. The zero-order chi connectivity index (χ0) is 18.6. The van der Waals surface area contributed by atoms with Crippen LogP contribution in [-0.2, 0) is 17.1 Å². The van der Waals surface area contributed by atoms with Crippen LogP contribution in [0.1, 0.15) is 37.0 Å². The third-order valence-electron chi connectivity index (χ3n) is 4.40. The summed E-state index contributed by atoms with van der Waals surface area (Å²) in [5, 5.41) is 0. The molecule has 1 N–H and O–H groups in total. The molecule has 2 rings (SSSR count). The van der Waals surface area contributed by atoms with Crippen molar-refractivity contribution in [3.63, 3.8) is 0 Å². The van der Waals surface area contributed by atoms with E-state index in [2.05, 4.69) is 4.72 Å². The Bertz CT molecular complexity index is 762. The summed E-state index contributed by atoms with van der Waals surface area (Å²) >= 11 is 0. The van der Waals surface area contributed by atoms with Gasteiger partial charge in [0, 0.05) is 32.9 Å². The lowest BCUT2D eigenvalue weighted by Crippen LogP contribution is -2.43. The number of likely N-dealkylation sites (tertiary alicyclic amines) is 1. The lowest BCUT2D eigenvalue weighted by atomic mass is 9.97. The summed E-state index contributed by atoms with van der Waals surface area (Å²) in [5.74, 6) is 0.178. The highest BCUT2D eigenvalue weighted by Gasteiger charge is 2.26. The first kappa shape index (κ1) is 19.7. The molecule has 1 aromatic rings. The number of hydrogen-bond acceptors (Lipinski definition) is 4. The molecule has 8 heteroatoms. The molecule has 1 fully saturated rings. The molecule has 0 bridgehead atoms. The molecule has 1 aromatic heterocycles. The topological polar surface area (TPSA) is 88.5 Å². The number of sulfonamides is 1. The van der Waals surface area contributed by atoms with Crippen LogP contribution in [0.2, 0.25) is 0 Å². The number of nitrogens with one attached hydrogen (secondary N) is 1. The van der Waals surface area contributed by atoms with Gasteiger partial charge in [0.15, 0.2) is 0 Å². The van der Waals surface area contributed by atoms with E-state index in [0.29, 0.717) is 19.6 Å². The molecule has 0 aliphatic carbocycles. The Balaban J connectivity index is 1.88. The Morgan fingerprint density at radius 2 is 1.96 bits per heavy atom. The number of hydrogen-bond donors (Lipinski definition) is 1. The zero-order valence-electron chi connectivity index (χ0n) is 15.1. The lowest BCUT2D eigenvalue weighted by Gasteiger charge is -2.32. The summed E-state index contributed by atoms with van der Waals surface area (Å²) in [6, 6.07) is 3.24. The molecule has 7 nitrogen and oxygen atoms in total. The number of piperidine rings is 1. The normalized spacial score (nSPS) is 16.4. The van der Waals surface area contributed by atoms with Gasteiger partial charge >= 0.3 is 0 Å². The number of carbonyl (C=O) groups is 1. The van der Waals surface area contributed by atoms with E-state index in [1.807, 2.05) is 13.8 Å². The average molecular weight is 369 g/mol. The first-order chi connectivity index (χ1) is 11.7. The Morgan fingerprint density at radius 1 is 1.32 bits per heavy atom. The minimum atomic E-state index is -3.24. The molecule has 1 saturated heterocycles. The van der Waals surface area contributed by atoms with Gasteiger partial charge in [-0.1, -0.05) is 13.8 Å². The summed E-state index contributed by atoms with van der Waals surface area (Å²) in [7, 11) is -1.62. The molecule has 0 atom stereocenters. The van der Waals surface area contributed by atoms with Gasteiger partial charge < -0.3 is 9.47 Å². The van der Waals surface area contributed by atoms with Crippen LogP contribution in [0.25, 0.3) is 0 Å². The second-order valence-corrected chi connectivity index (χ2v) is 8.95. The van der Waals surface area contributed by atoms with Crippen molar-refractivity contribution in [3.8, 4) is 0 Å². The number of aryl methyl sites for hydroxylation is 1. The molecular weight excluding hydrogens is 342 g/mol. The Morgan fingerprint density at radius 3 is 2.56 bits per heavy atom. The van der Waals surface area contributed by atoms with Crippen molar-refractivity contribution in [3.05, 3.63) is 34.2 Å². The molecule has 25 heavy (non-hydrogen) atoms. The van der Waals surface area contributed by atoms with E-state index < -0.39 is 10.0 Å². The number of pyridine rings is 1. The van der Waals surface area contributed by atoms with Crippen LogP contribution in [0.3, 0.4) is 0 Å². The van der Waals surface area contributed by atoms with Gasteiger partial charge in [0.05, 0.1) is 5.75 Å². The zero-order valence-corrected chi connectivity index (χ0v) is 15.9. The molecule has 2 heterocycles. The third-order valence-corrected chi connectivity index (χ3v) is 6.11. The standard InChI is InChI=1S/C17H27N3O4S/c1-13(2)12-25(23,24)18-11-14-6-9-20(10-7-14)17(22)15-5-4-8-19(3)16(15)21/h4-5,8,13-14,18H,6-7,9-12H2,1-3H3. The highest BCUT2D eigenvalue weighted by molar-refractivity contribution is 7.89. The monoisotopic (exact) mass is 369 g/mol. The summed E-state index contributed by atoms with van der Waals surface area (Å²) < 4.78 is 27.9. The van der Waals surface area contributed by atoms with E-state index >= 15 is 0 Å². The minimum Gasteiger partial charge on any atom is -0.338 e. The van der Waals surface area contributed by atoms with Crippen LogP contribution in [0, 0.1) is 11.8 Å². The minimum absolute atomic E-state index is 0.0884. The maximum atomic E-state index is 12.5. The van der Waals surface area contributed by atoms with Gasteiger partial charge in [-0.3, -0.25) is 9.59 Å². The fraction of sp³-hybridized carbons (Fsp3) is 0.647. The second kappa shape index (κ2) is 8.14. The number of aromatic nitrogens is 1. The maximum Gasteiger partial charge on any atom is 0.263 e. The Hall–Kier alpha value is -1.67. The van der Waals surface area contributed by atoms with Gasteiger partial charge in [-0.05, 0) is 36.8 Å². The number of carbonyl (C=O) groups excluding carboxylic acids is 1. The quantitative estimate of drug-likeness (QED) is 0.804. The molecule has 1 aliphatic heterocycles. The van der Waals surface area contributed by atoms with Gasteiger partial charge in [0.1, 0.15) is 5.56 Å². The van der Waals surface area contributed by atoms with Crippen molar-refractivity contribution in [2.75, 3.05) is 25.4 Å². The van der Waals surface area contributed by atoms with E-state index in [9.17, 15) is 18.0 Å². The summed E-state index contributed by atoms with van der Waals surface area (Å²) in [6.45, 7) is 5.22. The predicted molar refractivity (Wildman–Crippen MR) is 96.9 cm³/mol. The van der Waals surface area contributed by atoms with Crippen LogP contribution < -0.4 is 10.3 Å². The lowest BCUT2D eigenvalue weighted by molar-refractivity contribution is 0.0689. The molecule has 0 saturated carbocycles. The summed E-state index contributed by atoms with van der Waals surface area (Å²) in [6.07, 6.45) is 3.07.